The molecular formula is C17H22FN3O3. The van der Waals surface area contributed by atoms with Gasteiger partial charge in [-0.05, 0) is 31.0 Å². The molecule has 0 N–H and O–H groups in total. The minimum Gasteiger partial charge on any atom is -0.339 e. The molecule has 0 radical (unpaired) electrons. The average molecular weight is 335 g/mol. The van der Waals surface area contributed by atoms with Gasteiger partial charge in [0.1, 0.15) is 12.4 Å². The molecule has 2 rings (SSSR count). The topological polar surface area (TPSA) is 60.9 Å². The SMILES string of the molecule is CCN(Cc1cccc(F)c1)C(=O)CCCN1C(=O)CN(C)C1=O. The van der Waals surface area contributed by atoms with Crippen LogP contribution in [0.3, 0.4) is 0 Å². The van der Waals surface area contributed by atoms with E-state index in [0.717, 1.165) is 5.56 Å². The fourth-order valence-electron chi connectivity index (χ4n) is 2.67. The molecule has 6 nitrogen and oxygen atoms in total. The normalized spacial score (nSPS) is 14.5. The Hall–Kier alpha value is -2.44. The van der Waals surface area contributed by atoms with Crippen LogP contribution in [0.15, 0.2) is 24.3 Å². The summed E-state index contributed by atoms with van der Waals surface area (Å²) in [5.41, 5.74) is 0.733. The highest BCUT2D eigenvalue weighted by atomic mass is 19.1. The largest absolute Gasteiger partial charge is 0.339 e. The molecule has 1 aliphatic rings. The number of hydrogen-bond acceptors (Lipinski definition) is 3. The maximum atomic E-state index is 13.2. The summed E-state index contributed by atoms with van der Waals surface area (Å²) in [5, 5.41) is 0. The van der Waals surface area contributed by atoms with Gasteiger partial charge in [-0.25, -0.2) is 9.18 Å². The van der Waals surface area contributed by atoms with Crippen LogP contribution >= 0.6 is 0 Å². The van der Waals surface area contributed by atoms with Crippen LogP contribution in [-0.4, -0.2) is 59.2 Å². The lowest BCUT2D eigenvalue weighted by Crippen LogP contribution is -2.34. The third-order valence-corrected chi connectivity index (χ3v) is 4.00. The van der Waals surface area contributed by atoms with Gasteiger partial charge in [0.25, 0.3) is 0 Å². The van der Waals surface area contributed by atoms with Gasteiger partial charge in [-0.3, -0.25) is 14.5 Å². The first kappa shape index (κ1) is 17.9. The Balaban J connectivity index is 1.84. The highest BCUT2D eigenvalue weighted by Gasteiger charge is 2.32. The summed E-state index contributed by atoms with van der Waals surface area (Å²) in [7, 11) is 1.57. The minimum atomic E-state index is -0.328. The van der Waals surface area contributed by atoms with Crippen LogP contribution in [0.2, 0.25) is 0 Å². The monoisotopic (exact) mass is 335 g/mol. The molecule has 0 spiro atoms. The molecule has 0 unspecified atom stereocenters. The number of hydrogen-bond donors (Lipinski definition) is 0. The van der Waals surface area contributed by atoms with E-state index in [-0.39, 0.29) is 43.2 Å². The van der Waals surface area contributed by atoms with Crippen molar-refractivity contribution in [2.24, 2.45) is 0 Å². The summed E-state index contributed by atoms with van der Waals surface area (Å²) in [6, 6.07) is 5.84. The highest BCUT2D eigenvalue weighted by molar-refractivity contribution is 6.01. The maximum absolute atomic E-state index is 13.2. The maximum Gasteiger partial charge on any atom is 0.326 e. The molecule has 1 aromatic rings. The van der Waals surface area contributed by atoms with Crippen LogP contribution in [0, 0.1) is 5.82 Å². The Morgan fingerprint density at radius 2 is 2.08 bits per heavy atom. The standard InChI is InChI=1S/C17H22FN3O3/c1-3-20(11-13-6-4-7-14(18)10-13)15(22)8-5-9-21-16(23)12-19(2)17(21)24/h4,6-7,10H,3,5,8-9,11-12H2,1-2H3. The molecule has 1 heterocycles. The van der Waals surface area contributed by atoms with Gasteiger partial charge in [0.05, 0.1) is 0 Å². The second kappa shape index (κ2) is 7.90. The van der Waals surface area contributed by atoms with Crippen LogP contribution in [0.1, 0.15) is 25.3 Å². The molecule has 4 amide bonds. The molecule has 130 valence electrons. The molecule has 0 aromatic heterocycles. The van der Waals surface area contributed by atoms with Gasteiger partial charge in [0, 0.05) is 33.1 Å². The van der Waals surface area contributed by atoms with Gasteiger partial charge in [-0.2, -0.15) is 0 Å². The smallest absolute Gasteiger partial charge is 0.326 e. The molecule has 1 saturated heterocycles. The predicted molar refractivity (Wildman–Crippen MR) is 86.5 cm³/mol. The number of urea groups is 1. The van der Waals surface area contributed by atoms with Gasteiger partial charge in [0.15, 0.2) is 0 Å². The van der Waals surface area contributed by atoms with Crippen LogP contribution < -0.4 is 0 Å². The zero-order chi connectivity index (χ0) is 17.7. The van der Waals surface area contributed by atoms with E-state index in [1.165, 1.54) is 21.9 Å². The van der Waals surface area contributed by atoms with E-state index < -0.39 is 0 Å². The lowest BCUT2D eigenvalue weighted by molar-refractivity contribution is -0.132. The number of benzene rings is 1. The molecular weight excluding hydrogens is 313 g/mol. The minimum absolute atomic E-state index is 0.0748. The third-order valence-electron chi connectivity index (χ3n) is 4.00. The summed E-state index contributed by atoms with van der Waals surface area (Å²) < 4.78 is 13.2. The van der Waals surface area contributed by atoms with E-state index in [4.69, 9.17) is 0 Å². The Morgan fingerprint density at radius 1 is 1.33 bits per heavy atom. The summed E-state index contributed by atoms with van der Waals surface area (Å²) in [6.45, 7) is 3.05. The first-order valence-electron chi connectivity index (χ1n) is 8.00. The number of amides is 4. The lowest BCUT2D eigenvalue weighted by atomic mass is 10.2. The van der Waals surface area contributed by atoms with Crippen molar-refractivity contribution >= 4 is 17.8 Å². The van der Waals surface area contributed by atoms with E-state index in [1.807, 2.05) is 6.92 Å². The van der Waals surface area contributed by atoms with E-state index >= 15 is 0 Å². The van der Waals surface area contributed by atoms with Gasteiger partial charge in [-0.15, -0.1) is 0 Å². The molecule has 1 aliphatic heterocycles. The Labute approximate surface area is 140 Å². The number of carbonyl (C=O) groups is 3. The molecule has 0 saturated carbocycles. The second-order valence-electron chi connectivity index (χ2n) is 5.83. The number of carbonyl (C=O) groups excluding carboxylic acids is 3. The molecule has 1 aromatic carbocycles. The van der Waals surface area contributed by atoms with Crippen molar-refractivity contribution in [1.82, 2.24) is 14.7 Å². The first-order valence-corrected chi connectivity index (χ1v) is 8.00. The average Bonchev–Trinajstić information content (AvgIpc) is 2.78. The first-order chi connectivity index (χ1) is 11.4. The highest BCUT2D eigenvalue weighted by Crippen LogP contribution is 2.12. The van der Waals surface area contributed by atoms with Gasteiger partial charge in [0.2, 0.25) is 11.8 Å². The molecule has 1 fully saturated rings. The van der Waals surface area contributed by atoms with Crippen molar-refractivity contribution in [3.63, 3.8) is 0 Å². The van der Waals surface area contributed by atoms with Crippen LogP contribution in [0.5, 0.6) is 0 Å². The molecule has 0 aliphatic carbocycles. The van der Waals surface area contributed by atoms with Crippen molar-refractivity contribution in [2.45, 2.75) is 26.3 Å². The summed E-state index contributed by atoms with van der Waals surface area (Å²) in [4.78, 5) is 39.9. The number of nitrogens with zero attached hydrogens (tertiary/aromatic N) is 3. The van der Waals surface area contributed by atoms with E-state index in [1.54, 1.807) is 24.1 Å². The van der Waals surface area contributed by atoms with Crippen molar-refractivity contribution in [3.8, 4) is 0 Å². The Kier molecular flexibility index (Phi) is 5.89. The van der Waals surface area contributed by atoms with Gasteiger partial charge < -0.3 is 9.80 Å². The summed E-state index contributed by atoms with van der Waals surface area (Å²) >= 11 is 0. The van der Waals surface area contributed by atoms with E-state index in [9.17, 15) is 18.8 Å². The summed E-state index contributed by atoms with van der Waals surface area (Å²) in [6.07, 6.45) is 0.660. The summed E-state index contributed by atoms with van der Waals surface area (Å²) in [5.74, 6) is -0.637. The third kappa shape index (κ3) is 4.31. The fourth-order valence-corrected chi connectivity index (χ4v) is 2.67. The van der Waals surface area contributed by atoms with Gasteiger partial charge in [-0.1, -0.05) is 12.1 Å². The molecule has 24 heavy (non-hydrogen) atoms. The number of likely N-dealkylation sites (N-methyl/N-ethyl adjacent to an activating group) is 1. The van der Waals surface area contributed by atoms with Crippen LogP contribution in [-0.2, 0) is 16.1 Å². The number of halogens is 1. The fraction of sp³-hybridized carbons (Fsp3) is 0.471. The second-order valence-corrected chi connectivity index (χ2v) is 5.83. The van der Waals surface area contributed by atoms with Crippen molar-refractivity contribution in [3.05, 3.63) is 35.6 Å². The molecule has 0 atom stereocenters. The lowest BCUT2D eigenvalue weighted by Gasteiger charge is -2.21. The zero-order valence-electron chi connectivity index (χ0n) is 14.0. The quantitative estimate of drug-likeness (QED) is 0.715. The Morgan fingerprint density at radius 3 is 2.67 bits per heavy atom. The number of imide groups is 1. The molecule has 7 heteroatoms. The van der Waals surface area contributed by atoms with E-state index in [0.29, 0.717) is 19.5 Å². The van der Waals surface area contributed by atoms with E-state index in [2.05, 4.69) is 0 Å². The van der Waals surface area contributed by atoms with Crippen LogP contribution in [0.25, 0.3) is 0 Å². The Bertz CT molecular complexity index is 635. The molecule has 0 bridgehead atoms. The number of rotatable bonds is 7. The van der Waals surface area contributed by atoms with Crippen molar-refractivity contribution < 1.29 is 18.8 Å². The van der Waals surface area contributed by atoms with Crippen molar-refractivity contribution in [2.75, 3.05) is 26.7 Å². The van der Waals surface area contributed by atoms with Gasteiger partial charge >= 0.3 is 6.03 Å². The van der Waals surface area contributed by atoms with Crippen molar-refractivity contribution in [1.29, 1.82) is 0 Å². The predicted octanol–water partition coefficient (Wildman–Crippen LogP) is 1.85. The zero-order valence-corrected chi connectivity index (χ0v) is 14.0. The van der Waals surface area contributed by atoms with Crippen LogP contribution in [0.4, 0.5) is 9.18 Å².